The number of aromatic nitrogens is 1. The van der Waals surface area contributed by atoms with Crippen molar-refractivity contribution in [1.82, 2.24) is 10.4 Å². The predicted molar refractivity (Wildman–Crippen MR) is 82.3 cm³/mol. The van der Waals surface area contributed by atoms with Crippen LogP contribution < -0.4 is 20.7 Å². The van der Waals surface area contributed by atoms with Gasteiger partial charge >= 0.3 is 0 Å². The minimum absolute atomic E-state index is 0.00296. The van der Waals surface area contributed by atoms with Crippen LogP contribution in [0.15, 0.2) is 36.7 Å². The number of hydrogen-bond donors (Lipinski definition) is 2. The van der Waals surface area contributed by atoms with E-state index in [9.17, 15) is 0 Å². The lowest BCUT2D eigenvalue weighted by atomic mass is 9.97. The number of benzene rings is 1. The van der Waals surface area contributed by atoms with E-state index in [1.54, 1.807) is 20.4 Å². The Balaban J connectivity index is 2.25. The molecule has 2 aromatic rings. The molecule has 0 saturated heterocycles. The van der Waals surface area contributed by atoms with Crippen LogP contribution in [0.2, 0.25) is 0 Å². The van der Waals surface area contributed by atoms with E-state index in [4.69, 9.17) is 15.3 Å². The smallest absolute Gasteiger partial charge is 0.160 e. The van der Waals surface area contributed by atoms with E-state index in [0.717, 1.165) is 28.9 Å². The third kappa shape index (κ3) is 3.51. The van der Waals surface area contributed by atoms with E-state index >= 15 is 0 Å². The number of rotatable bonds is 6. The first-order chi connectivity index (χ1) is 10.2. The topological polar surface area (TPSA) is 69.4 Å². The maximum absolute atomic E-state index is 5.71. The summed E-state index contributed by atoms with van der Waals surface area (Å²) in [4.78, 5) is 4.18. The molecule has 0 amide bonds. The van der Waals surface area contributed by atoms with Gasteiger partial charge in [0.2, 0.25) is 0 Å². The molecule has 112 valence electrons. The predicted octanol–water partition coefficient (Wildman–Crippen LogP) is 2.15. The molecule has 21 heavy (non-hydrogen) atoms. The molecular formula is C16H21N3O2. The Morgan fingerprint density at radius 3 is 2.57 bits per heavy atom. The van der Waals surface area contributed by atoms with E-state index in [1.807, 2.05) is 30.5 Å². The Morgan fingerprint density at radius 1 is 1.19 bits per heavy atom. The first-order valence-corrected chi connectivity index (χ1v) is 6.77. The van der Waals surface area contributed by atoms with Gasteiger partial charge in [-0.3, -0.25) is 16.3 Å². The van der Waals surface area contributed by atoms with Gasteiger partial charge in [-0.25, -0.2) is 0 Å². The summed E-state index contributed by atoms with van der Waals surface area (Å²) in [7, 11) is 3.26. The van der Waals surface area contributed by atoms with Gasteiger partial charge in [0.15, 0.2) is 11.5 Å². The quantitative estimate of drug-likeness (QED) is 0.629. The van der Waals surface area contributed by atoms with Crippen LogP contribution in [0.25, 0.3) is 0 Å². The number of nitrogens with one attached hydrogen (secondary N) is 1. The first-order valence-electron chi connectivity index (χ1n) is 6.77. The maximum Gasteiger partial charge on any atom is 0.160 e. The van der Waals surface area contributed by atoms with Gasteiger partial charge in [0, 0.05) is 12.4 Å². The van der Waals surface area contributed by atoms with Gasteiger partial charge < -0.3 is 9.47 Å². The van der Waals surface area contributed by atoms with Gasteiger partial charge in [0.1, 0.15) is 0 Å². The van der Waals surface area contributed by atoms with Crippen molar-refractivity contribution in [2.24, 2.45) is 5.84 Å². The van der Waals surface area contributed by atoms with Crippen molar-refractivity contribution in [3.63, 3.8) is 0 Å². The van der Waals surface area contributed by atoms with Gasteiger partial charge in [-0.05, 0) is 48.2 Å². The number of nitrogens with zero attached hydrogens (tertiary/aromatic N) is 1. The third-order valence-corrected chi connectivity index (χ3v) is 3.54. The van der Waals surface area contributed by atoms with Gasteiger partial charge in [0.05, 0.1) is 20.3 Å². The molecule has 1 aromatic heterocycles. The summed E-state index contributed by atoms with van der Waals surface area (Å²) >= 11 is 0. The Bertz CT molecular complexity index is 602. The monoisotopic (exact) mass is 287 g/mol. The standard InChI is InChI=1S/C16H21N3O2/c1-11-6-7-18-10-13(11)14(19-17)8-12-4-5-15(20-2)16(9-12)21-3/h4-7,9-10,14,19H,8,17H2,1-3H3. The lowest BCUT2D eigenvalue weighted by Crippen LogP contribution is -2.30. The number of hydrogen-bond acceptors (Lipinski definition) is 5. The SMILES string of the molecule is COc1ccc(CC(NN)c2cnccc2C)cc1OC. The van der Waals surface area contributed by atoms with Crippen LogP contribution in [-0.4, -0.2) is 19.2 Å². The van der Waals surface area contributed by atoms with E-state index in [1.165, 1.54) is 0 Å². The van der Waals surface area contributed by atoms with Crippen molar-refractivity contribution >= 4 is 0 Å². The highest BCUT2D eigenvalue weighted by atomic mass is 16.5. The molecule has 0 aliphatic heterocycles. The van der Waals surface area contributed by atoms with E-state index < -0.39 is 0 Å². The van der Waals surface area contributed by atoms with Gasteiger partial charge in [-0.2, -0.15) is 0 Å². The molecule has 2 rings (SSSR count). The molecular weight excluding hydrogens is 266 g/mol. The Hall–Kier alpha value is -2.11. The molecule has 0 radical (unpaired) electrons. The van der Waals surface area contributed by atoms with Crippen LogP contribution >= 0.6 is 0 Å². The lowest BCUT2D eigenvalue weighted by molar-refractivity contribution is 0.354. The van der Waals surface area contributed by atoms with Crippen LogP contribution in [0, 0.1) is 6.92 Å². The summed E-state index contributed by atoms with van der Waals surface area (Å²) in [5, 5.41) is 0. The zero-order chi connectivity index (χ0) is 15.2. The second-order valence-electron chi connectivity index (χ2n) is 4.84. The van der Waals surface area contributed by atoms with Crippen LogP contribution in [-0.2, 0) is 6.42 Å². The number of pyridine rings is 1. The average molecular weight is 287 g/mol. The molecule has 0 aliphatic carbocycles. The highest BCUT2D eigenvalue weighted by molar-refractivity contribution is 5.43. The summed E-state index contributed by atoms with van der Waals surface area (Å²) in [5.74, 6) is 7.15. The number of nitrogens with two attached hydrogens (primary N) is 1. The highest BCUT2D eigenvalue weighted by Crippen LogP contribution is 2.29. The molecule has 1 atom stereocenters. The molecule has 0 fully saturated rings. The second kappa shape index (κ2) is 7.06. The normalized spacial score (nSPS) is 12.0. The highest BCUT2D eigenvalue weighted by Gasteiger charge is 2.14. The van der Waals surface area contributed by atoms with Crippen LogP contribution in [0.5, 0.6) is 11.5 Å². The summed E-state index contributed by atoms with van der Waals surface area (Å²) in [6.45, 7) is 2.05. The summed E-state index contributed by atoms with van der Waals surface area (Å²) in [6.07, 6.45) is 4.37. The van der Waals surface area contributed by atoms with Crippen LogP contribution in [0.1, 0.15) is 22.7 Å². The molecule has 3 N–H and O–H groups in total. The molecule has 0 bridgehead atoms. The van der Waals surface area contributed by atoms with E-state index in [0.29, 0.717) is 5.75 Å². The van der Waals surface area contributed by atoms with Crippen molar-refractivity contribution < 1.29 is 9.47 Å². The molecule has 0 saturated carbocycles. The van der Waals surface area contributed by atoms with Crippen molar-refractivity contribution in [2.75, 3.05) is 14.2 Å². The van der Waals surface area contributed by atoms with Gasteiger partial charge in [-0.15, -0.1) is 0 Å². The number of hydrazine groups is 1. The number of ether oxygens (including phenoxy) is 2. The first kappa shape index (κ1) is 15.3. The molecule has 1 heterocycles. The molecule has 1 unspecified atom stereocenters. The Morgan fingerprint density at radius 2 is 1.95 bits per heavy atom. The fourth-order valence-electron chi connectivity index (χ4n) is 2.34. The number of methoxy groups -OCH3 is 2. The Kier molecular flexibility index (Phi) is 5.14. The van der Waals surface area contributed by atoms with Crippen molar-refractivity contribution in [2.45, 2.75) is 19.4 Å². The van der Waals surface area contributed by atoms with E-state index in [-0.39, 0.29) is 6.04 Å². The molecule has 5 heteroatoms. The lowest BCUT2D eigenvalue weighted by Gasteiger charge is -2.19. The summed E-state index contributed by atoms with van der Waals surface area (Å²) < 4.78 is 10.6. The van der Waals surface area contributed by atoms with Crippen LogP contribution in [0.3, 0.4) is 0 Å². The summed E-state index contributed by atoms with van der Waals surface area (Å²) in [5.41, 5.74) is 6.22. The van der Waals surface area contributed by atoms with E-state index in [2.05, 4.69) is 17.3 Å². The fraction of sp³-hybridized carbons (Fsp3) is 0.312. The maximum atomic E-state index is 5.71. The van der Waals surface area contributed by atoms with Gasteiger partial charge in [-0.1, -0.05) is 6.07 Å². The molecule has 1 aromatic carbocycles. The largest absolute Gasteiger partial charge is 0.493 e. The summed E-state index contributed by atoms with van der Waals surface area (Å²) in [6, 6.07) is 7.86. The average Bonchev–Trinajstić information content (AvgIpc) is 2.53. The van der Waals surface area contributed by atoms with Crippen molar-refractivity contribution in [3.05, 3.63) is 53.3 Å². The van der Waals surface area contributed by atoms with Gasteiger partial charge in [0.25, 0.3) is 0 Å². The molecule has 0 spiro atoms. The second-order valence-corrected chi connectivity index (χ2v) is 4.84. The van der Waals surface area contributed by atoms with Crippen molar-refractivity contribution in [1.29, 1.82) is 0 Å². The number of aryl methyl sites for hydroxylation is 1. The minimum atomic E-state index is -0.00296. The zero-order valence-electron chi connectivity index (χ0n) is 12.6. The minimum Gasteiger partial charge on any atom is -0.493 e. The van der Waals surface area contributed by atoms with Crippen LogP contribution in [0.4, 0.5) is 0 Å². The third-order valence-electron chi connectivity index (χ3n) is 3.54. The molecule has 5 nitrogen and oxygen atoms in total. The van der Waals surface area contributed by atoms with Crippen molar-refractivity contribution in [3.8, 4) is 11.5 Å². The Labute approximate surface area is 125 Å². The fourth-order valence-corrected chi connectivity index (χ4v) is 2.34. The molecule has 0 aliphatic rings. The zero-order valence-corrected chi connectivity index (χ0v) is 12.6.